The first-order valence-electron chi connectivity index (χ1n) is 5.93. The Bertz CT molecular complexity index is 914. The smallest absolute Gasteiger partial charge is 0.332 e. The van der Waals surface area contributed by atoms with E-state index in [0.29, 0.717) is 11.2 Å². The van der Waals surface area contributed by atoms with Crippen molar-refractivity contribution in [3.05, 3.63) is 49.6 Å². The SMILES string of the molecule is Cn1cnc2c1c(=O)n(Cc1[nH]ccc1Br)c(=O)n2C. The minimum Gasteiger partial charge on any atom is -0.363 e. The van der Waals surface area contributed by atoms with Crippen LogP contribution in [-0.4, -0.2) is 23.7 Å². The molecule has 0 radical (unpaired) electrons. The van der Waals surface area contributed by atoms with E-state index < -0.39 is 0 Å². The maximum absolute atomic E-state index is 12.5. The summed E-state index contributed by atoms with van der Waals surface area (Å²) in [5, 5.41) is 0. The number of fused-ring (bicyclic) bond motifs is 1. The Morgan fingerprint density at radius 3 is 2.75 bits per heavy atom. The van der Waals surface area contributed by atoms with Crippen molar-refractivity contribution >= 4 is 27.1 Å². The molecule has 0 amide bonds. The molecule has 8 heteroatoms. The first-order valence-corrected chi connectivity index (χ1v) is 6.72. The molecule has 0 atom stereocenters. The maximum Gasteiger partial charge on any atom is 0.332 e. The Morgan fingerprint density at radius 1 is 1.35 bits per heavy atom. The van der Waals surface area contributed by atoms with Crippen LogP contribution in [0.3, 0.4) is 0 Å². The molecule has 0 fully saturated rings. The van der Waals surface area contributed by atoms with Gasteiger partial charge in [-0.25, -0.2) is 9.78 Å². The topological polar surface area (TPSA) is 77.6 Å². The minimum absolute atomic E-state index is 0.181. The average Bonchev–Trinajstić information content (AvgIpc) is 2.99. The van der Waals surface area contributed by atoms with Gasteiger partial charge in [-0.3, -0.25) is 13.9 Å². The van der Waals surface area contributed by atoms with Crippen molar-refractivity contribution in [3.8, 4) is 0 Å². The van der Waals surface area contributed by atoms with Crippen molar-refractivity contribution in [3.63, 3.8) is 0 Å². The summed E-state index contributed by atoms with van der Waals surface area (Å²) in [6.45, 7) is 0.181. The fraction of sp³-hybridized carbons (Fsp3) is 0.250. The fourth-order valence-electron chi connectivity index (χ4n) is 2.20. The molecular weight excluding hydrogens is 326 g/mol. The Labute approximate surface area is 121 Å². The lowest BCUT2D eigenvalue weighted by Crippen LogP contribution is -2.40. The molecule has 0 bridgehead atoms. The zero-order valence-electron chi connectivity index (χ0n) is 10.9. The molecule has 1 N–H and O–H groups in total. The van der Waals surface area contributed by atoms with E-state index in [1.54, 1.807) is 24.9 Å². The predicted octanol–water partition coefficient (Wildman–Crippen LogP) is 0.573. The van der Waals surface area contributed by atoms with Gasteiger partial charge in [-0.2, -0.15) is 0 Å². The third-order valence-electron chi connectivity index (χ3n) is 3.29. The second-order valence-electron chi connectivity index (χ2n) is 4.56. The van der Waals surface area contributed by atoms with Crippen LogP contribution in [0.2, 0.25) is 0 Å². The Kier molecular flexibility index (Phi) is 2.89. The van der Waals surface area contributed by atoms with Crippen molar-refractivity contribution in [2.75, 3.05) is 0 Å². The highest BCUT2D eigenvalue weighted by Crippen LogP contribution is 2.14. The van der Waals surface area contributed by atoms with Gasteiger partial charge in [0.05, 0.1) is 12.9 Å². The van der Waals surface area contributed by atoms with Crippen molar-refractivity contribution in [1.29, 1.82) is 0 Å². The van der Waals surface area contributed by atoms with E-state index >= 15 is 0 Å². The molecule has 0 aliphatic rings. The molecule has 3 aromatic heterocycles. The summed E-state index contributed by atoms with van der Waals surface area (Å²) < 4.78 is 5.03. The van der Waals surface area contributed by atoms with Crippen LogP contribution in [-0.2, 0) is 20.6 Å². The van der Waals surface area contributed by atoms with Crippen LogP contribution in [0.4, 0.5) is 0 Å². The standard InChI is InChI=1S/C12H12BrN5O2/c1-16-6-15-10-9(16)11(19)18(12(20)17(10)2)5-8-7(13)3-4-14-8/h3-4,6,14H,5H2,1-2H3. The van der Waals surface area contributed by atoms with Gasteiger partial charge >= 0.3 is 5.69 Å². The lowest BCUT2D eigenvalue weighted by Gasteiger charge is -2.08. The molecule has 20 heavy (non-hydrogen) atoms. The van der Waals surface area contributed by atoms with Crippen LogP contribution in [0, 0.1) is 0 Å². The third kappa shape index (κ3) is 1.75. The van der Waals surface area contributed by atoms with Crippen LogP contribution in [0.5, 0.6) is 0 Å². The van der Waals surface area contributed by atoms with E-state index in [9.17, 15) is 9.59 Å². The molecular formula is C12H12BrN5O2. The second kappa shape index (κ2) is 4.48. The number of nitrogens with one attached hydrogen (secondary N) is 1. The number of aromatic amines is 1. The van der Waals surface area contributed by atoms with E-state index in [-0.39, 0.29) is 17.8 Å². The third-order valence-corrected chi connectivity index (χ3v) is 4.04. The van der Waals surface area contributed by atoms with E-state index in [0.717, 1.165) is 10.2 Å². The van der Waals surface area contributed by atoms with E-state index in [1.807, 2.05) is 6.07 Å². The second-order valence-corrected chi connectivity index (χ2v) is 5.42. The molecule has 0 spiro atoms. The summed E-state index contributed by atoms with van der Waals surface area (Å²) in [6.07, 6.45) is 3.28. The summed E-state index contributed by atoms with van der Waals surface area (Å²) >= 11 is 3.38. The molecule has 7 nitrogen and oxygen atoms in total. The number of hydrogen-bond donors (Lipinski definition) is 1. The molecule has 0 saturated carbocycles. The molecule has 0 unspecified atom stereocenters. The number of imidazole rings is 1. The van der Waals surface area contributed by atoms with Gasteiger partial charge in [-0.1, -0.05) is 0 Å². The largest absolute Gasteiger partial charge is 0.363 e. The monoisotopic (exact) mass is 337 g/mol. The Balaban J connectivity index is 2.31. The number of aromatic nitrogens is 5. The van der Waals surface area contributed by atoms with Gasteiger partial charge in [-0.15, -0.1) is 0 Å². The highest BCUT2D eigenvalue weighted by molar-refractivity contribution is 9.10. The zero-order valence-corrected chi connectivity index (χ0v) is 12.5. The van der Waals surface area contributed by atoms with Gasteiger partial charge in [0, 0.05) is 30.5 Å². The lowest BCUT2D eigenvalue weighted by molar-refractivity contribution is 0.646. The van der Waals surface area contributed by atoms with E-state index in [2.05, 4.69) is 25.9 Å². The number of H-pyrrole nitrogens is 1. The van der Waals surface area contributed by atoms with E-state index in [4.69, 9.17) is 0 Å². The highest BCUT2D eigenvalue weighted by atomic mass is 79.9. The average molecular weight is 338 g/mol. The molecule has 0 aromatic carbocycles. The summed E-state index contributed by atoms with van der Waals surface area (Å²) in [5.41, 5.74) is 0.845. The summed E-state index contributed by atoms with van der Waals surface area (Å²) in [5.74, 6) is 0. The van der Waals surface area contributed by atoms with Crippen LogP contribution < -0.4 is 11.2 Å². The van der Waals surface area contributed by atoms with Gasteiger partial charge in [0.25, 0.3) is 5.56 Å². The summed E-state index contributed by atoms with van der Waals surface area (Å²) in [4.78, 5) is 31.9. The normalized spacial score (nSPS) is 11.3. The highest BCUT2D eigenvalue weighted by Gasteiger charge is 2.15. The van der Waals surface area contributed by atoms with Gasteiger partial charge in [0.1, 0.15) is 0 Å². The molecule has 3 heterocycles. The summed E-state index contributed by atoms with van der Waals surface area (Å²) in [7, 11) is 3.34. The summed E-state index contributed by atoms with van der Waals surface area (Å²) in [6, 6.07) is 1.83. The molecule has 3 rings (SSSR count). The fourth-order valence-corrected chi connectivity index (χ4v) is 2.57. The molecule has 104 valence electrons. The van der Waals surface area contributed by atoms with Gasteiger partial charge in [-0.05, 0) is 22.0 Å². The predicted molar refractivity (Wildman–Crippen MR) is 77.8 cm³/mol. The molecule has 0 saturated heterocycles. The number of rotatable bonds is 2. The quantitative estimate of drug-likeness (QED) is 0.742. The molecule has 3 aromatic rings. The Morgan fingerprint density at radius 2 is 2.10 bits per heavy atom. The maximum atomic E-state index is 12.5. The molecule has 0 aliphatic carbocycles. The first-order chi connectivity index (χ1) is 9.50. The van der Waals surface area contributed by atoms with Crippen molar-refractivity contribution < 1.29 is 0 Å². The van der Waals surface area contributed by atoms with Crippen LogP contribution in [0.25, 0.3) is 11.2 Å². The van der Waals surface area contributed by atoms with Crippen molar-refractivity contribution in [2.24, 2.45) is 14.1 Å². The van der Waals surface area contributed by atoms with Gasteiger partial charge < -0.3 is 9.55 Å². The van der Waals surface area contributed by atoms with Crippen LogP contribution in [0.15, 0.2) is 32.7 Å². The zero-order chi connectivity index (χ0) is 14.4. The number of nitrogens with zero attached hydrogens (tertiary/aromatic N) is 4. The minimum atomic E-state index is -0.386. The van der Waals surface area contributed by atoms with Gasteiger partial charge in [0.2, 0.25) is 0 Å². The van der Waals surface area contributed by atoms with Crippen molar-refractivity contribution in [1.82, 2.24) is 23.7 Å². The van der Waals surface area contributed by atoms with Crippen LogP contribution in [0.1, 0.15) is 5.69 Å². The number of halogens is 1. The van der Waals surface area contributed by atoms with Crippen molar-refractivity contribution in [2.45, 2.75) is 6.54 Å². The Hall–Kier alpha value is -2.09. The number of hydrogen-bond acceptors (Lipinski definition) is 3. The van der Waals surface area contributed by atoms with E-state index in [1.165, 1.54) is 15.5 Å². The first kappa shape index (κ1) is 12.9. The number of aryl methyl sites for hydroxylation is 2. The lowest BCUT2D eigenvalue weighted by atomic mass is 10.4. The van der Waals surface area contributed by atoms with Gasteiger partial charge in [0.15, 0.2) is 11.2 Å². The van der Waals surface area contributed by atoms with Crippen LogP contribution >= 0.6 is 15.9 Å². The molecule has 0 aliphatic heterocycles.